The minimum absolute atomic E-state index is 0.289. The third-order valence-corrected chi connectivity index (χ3v) is 7.15. The van der Waals surface area contributed by atoms with E-state index in [9.17, 15) is 5.11 Å². The molecule has 0 saturated carbocycles. The second-order valence-electron chi connectivity index (χ2n) is 5.57. The molecule has 19 heavy (non-hydrogen) atoms. The number of aromatic nitrogens is 2. The normalized spacial score (nSPS) is 29.7. The Hall–Kier alpha value is -0.130. The van der Waals surface area contributed by atoms with Gasteiger partial charge in [0, 0.05) is 40.2 Å². The molecule has 0 spiro atoms. The predicted octanol–water partition coefficient (Wildman–Crippen LogP) is 2.99. The number of hydrogen-bond donors (Lipinski definition) is 1. The Morgan fingerprint density at radius 2 is 2.16 bits per heavy atom. The van der Waals surface area contributed by atoms with Gasteiger partial charge in [0.1, 0.15) is 0 Å². The van der Waals surface area contributed by atoms with Crippen LogP contribution in [0, 0.1) is 0 Å². The van der Waals surface area contributed by atoms with Gasteiger partial charge in [-0.2, -0.15) is 28.6 Å². The van der Waals surface area contributed by atoms with Gasteiger partial charge in [0.05, 0.1) is 11.8 Å². The van der Waals surface area contributed by atoms with Gasteiger partial charge in [-0.25, -0.2) is 0 Å². The number of aliphatic hydroxyl groups excluding tert-OH is 1. The van der Waals surface area contributed by atoms with Gasteiger partial charge in [-0.15, -0.1) is 0 Å². The summed E-state index contributed by atoms with van der Waals surface area (Å²) in [7, 11) is 0. The molecule has 0 aromatic carbocycles. The lowest BCUT2D eigenvalue weighted by Crippen LogP contribution is -2.35. The van der Waals surface area contributed by atoms with Crippen molar-refractivity contribution in [2.75, 3.05) is 5.75 Å². The Balaban J connectivity index is 1.91. The first-order valence-electron chi connectivity index (χ1n) is 6.96. The molecule has 5 heteroatoms. The molecule has 108 valence electrons. The fourth-order valence-corrected chi connectivity index (χ4v) is 5.14. The molecule has 0 aliphatic carbocycles. The molecule has 1 saturated heterocycles. The maximum absolute atomic E-state index is 10.4. The first-order valence-corrected chi connectivity index (χ1v) is 8.95. The van der Waals surface area contributed by atoms with Crippen LogP contribution in [0.4, 0.5) is 0 Å². The Morgan fingerprint density at radius 3 is 2.74 bits per heavy atom. The number of nitrogens with zero attached hydrogens (tertiary/aromatic N) is 2. The highest BCUT2D eigenvalue weighted by Gasteiger charge is 2.30. The Labute approximate surface area is 124 Å². The van der Waals surface area contributed by atoms with Gasteiger partial charge in [-0.05, 0) is 19.9 Å². The van der Waals surface area contributed by atoms with E-state index in [0.29, 0.717) is 28.2 Å². The van der Waals surface area contributed by atoms with Crippen LogP contribution in [0.15, 0.2) is 12.3 Å². The number of hydrogen-bond acceptors (Lipinski definition) is 4. The smallest absolute Gasteiger partial charge is 0.0722 e. The van der Waals surface area contributed by atoms with Crippen molar-refractivity contribution in [3.05, 3.63) is 18.0 Å². The SMILES string of the molecule is CC1SCC(C(O)Cc2ccn(C(C)C)n2)SC1C. The highest BCUT2D eigenvalue weighted by Crippen LogP contribution is 2.37. The van der Waals surface area contributed by atoms with Gasteiger partial charge in [0.15, 0.2) is 0 Å². The number of thioether (sulfide) groups is 2. The fraction of sp³-hybridized carbons (Fsp3) is 0.786. The van der Waals surface area contributed by atoms with Crippen molar-refractivity contribution in [1.29, 1.82) is 0 Å². The van der Waals surface area contributed by atoms with Gasteiger partial charge in [0.25, 0.3) is 0 Å². The first kappa shape index (κ1) is 15.3. The van der Waals surface area contributed by atoms with Crippen LogP contribution in [0.3, 0.4) is 0 Å². The maximum atomic E-state index is 10.4. The largest absolute Gasteiger partial charge is 0.392 e. The van der Waals surface area contributed by atoms with E-state index in [2.05, 4.69) is 32.8 Å². The lowest BCUT2D eigenvalue weighted by Gasteiger charge is -2.33. The van der Waals surface area contributed by atoms with Gasteiger partial charge >= 0.3 is 0 Å². The summed E-state index contributed by atoms with van der Waals surface area (Å²) < 4.78 is 1.95. The van der Waals surface area contributed by atoms with E-state index in [1.165, 1.54) is 0 Å². The van der Waals surface area contributed by atoms with Crippen molar-refractivity contribution >= 4 is 23.5 Å². The van der Waals surface area contributed by atoms with Crippen LogP contribution >= 0.6 is 23.5 Å². The zero-order chi connectivity index (χ0) is 14.0. The average molecular weight is 300 g/mol. The molecular formula is C14H24N2OS2. The Morgan fingerprint density at radius 1 is 1.42 bits per heavy atom. The topological polar surface area (TPSA) is 38.0 Å². The van der Waals surface area contributed by atoms with Crippen molar-refractivity contribution in [2.45, 2.75) is 62.0 Å². The molecule has 2 rings (SSSR count). The quantitative estimate of drug-likeness (QED) is 0.927. The van der Waals surface area contributed by atoms with Crippen molar-refractivity contribution in [1.82, 2.24) is 9.78 Å². The highest BCUT2D eigenvalue weighted by molar-refractivity contribution is 8.07. The molecule has 0 radical (unpaired) electrons. The zero-order valence-electron chi connectivity index (χ0n) is 12.1. The number of aliphatic hydroxyl groups is 1. The first-order chi connectivity index (χ1) is 8.97. The summed E-state index contributed by atoms with van der Waals surface area (Å²) >= 11 is 3.91. The zero-order valence-corrected chi connectivity index (χ0v) is 13.7. The van der Waals surface area contributed by atoms with Crippen LogP contribution < -0.4 is 0 Å². The van der Waals surface area contributed by atoms with E-state index in [1.807, 2.05) is 40.5 Å². The maximum Gasteiger partial charge on any atom is 0.0722 e. The summed E-state index contributed by atoms with van der Waals surface area (Å²) in [5, 5.41) is 16.6. The third-order valence-electron chi connectivity index (χ3n) is 3.61. The van der Waals surface area contributed by atoms with Crippen LogP contribution in [0.5, 0.6) is 0 Å². The van der Waals surface area contributed by atoms with Crippen LogP contribution in [0.25, 0.3) is 0 Å². The summed E-state index contributed by atoms with van der Waals surface area (Å²) in [6.45, 7) is 8.76. The molecule has 0 amide bonds. The molecule has 1 fully saturated rings. The van der Waals surface area contributed by atoms with E-state index in [0.717, 1.165) is 11.4 Å². The van der Waals surface area contributed by atoms with E-state index in [4.69, 9.17) is 0 Å². The summed E-state index contributed by atoms with van der Waals surface area (Å²) in [6, 6.07) is 2.40. The molecule has 3 nitrogen and oxygen atoms in total. The minimum Gasteiger partial charge on any atom is -0.392 e. The van der Waals surface area contributed by atoms with Crippen molar-refractivity contribution in [3.63, 3.8) is 0 Å². The van der Waals surface area contributed by atoms with Crippen molar-refractivity contribution in [2.24, 2.45) is 0 Å². The predicted molar refractivity (Wildman–Crippen MR) is 85.1 cm³/mol. The molecule has 1 aromatic rings. The molecular weight excluding hydrogens is 276 g/mol. The lowest BCUT2D eigenvalue weighted by atomic mass is 10.1. The van der Waals surface area contributed by atoms with Crippen molar-refractivity contribution < 1.29 is 5.11 Å². The molecule has 2 heterocycles. The summed E-state index contributed by atoms with van der Waals surface area (Å²) in [6.07, 6.45) is 2.38. The standard InChI is InChI=1S/C14H24N2OS2/c1-9(2)16-6-5-12(15-16)7-13(17)14-8-18-10(3)11(4)19-14/h5-6,9-11,13-14,17H,7-8H2,1-4H3. The van der Waals surface area contributed by atoms with Gasteiger partial charge in [-0.1, -0.05) is 13.8 Å². The highest BCUT2D eigenvalue weighted by atomic mass is 32.2. The minimum atomic E-state index is -0.289. The second kappa shape index (κ2) is 6.55. The molecule has 1 aromatic heterocycles. The van der Waals surface area contributed by atoms with Crippen LogP contribution in [0.1, 0.15) is 39.4 Å². The molecule has 1 aliphatic heterocycles. The van der Waals surface area contributed by atoms with Gasteiger partial charge in [-0.3, -0.25) is 4.68 Å². The molecule has 1 N–H and O–H groups in total. The summed E-state index contributed by atoms with van der Waals surface area (Å²) in [5.74, 6) is 1.04. The Kier molecular flexibility index (Phi) is 5.26. The Bertz CT molecular complexity index is 408. The van der Waals surface area contributed by atoms with Gasteiger partial charge in [0.2, 0.25) is 0 Å². The van der Waals surface area contributed by atoms with Crippen LogP contribution in [-0.4, -0.2) is 42.5 Å². The molecule has 4 atom stereocenters. The summed E-state index contributed by atoms with van der Waals surface area (Å²) in [4.78, 5) is 0. The molecule has 1 aliphatic rings. The number of rotatable bonds is 4. The van der Waals surface area contributed by atoms with Crippen molar-refractivity contribution in [3.8, 4) is 0 Å². The van der Waals surface area contributed by atoms with E-state index in [-0.39, 0.29) is 6.10 Å². The monoisotopic (exact) mass is 300 g/mol. The summed E-state index contributed by atoms with van der Waals surface area (Å²) in [5.41, 5.74) is 0.998. The van der Waals surface area contributed by atoms with E-state index >= 15 is 0 Å². The lowest BCUT2D eigenvalue weighted by molar-refractivity contribution is 0.175. The van der Waals surface area contributed by atoms with Gasteiger partial charge < -0.3 is 5.11 Å². The van der Waals surface area contributed by atoms with E-state index in [1.54, 1.807) is 0 Å². The third kappa shape index (κ3) is 3.92. The fourth-order valence-electron chi connectivity index (χ4n) is 2.13. The molecule has 0 bridgehead atoms. The van der Waals surface area contributed by atoms with Crippen LogP contribution in [-0.2, 0) is 6.42 Å². The van der Waals surface area contributed by atoms with Crippen LogP contribution in [0.2, 0.25) is 0 Å². The molecule has 4 unspecified atom stereocenters. The van der Waals surface area contributed by atoms with E-state index < -0.39 is 0 Å². The average Bonchev–Trinajstić information content (AvgIpc) is 2.81. The second-order valence-corrected chi connectivity index (χ2v) is 8.60.